The van der Waals surface area contributed by atoms with E-state index in [1.54, 1.807) is 48.5 Å². The van der Waals surface area contributed by atoms with E-state index in [0.29, 0.717) is 22.2 Å². The summed E-state index contributed by atoms with van der Waals surface area (Å²) >= 11 is 6.12. The lowest BCUT2D eigenvalue weighted by molar-refractivity contribution is -0.0512. The van der Waals surface area contributed by atoms with E-state index in [2.05, 4.69) is 10.1 Å². The van der Waals surface area contributed by atoms with Gasteiger partial charge in [0.2, 0.25) is 0 Å². The lowest BCUT2D eigenvalue weighted by Crippen LogP contribution is -2.13. The van der Waals surface area contributed by atoms with Crippen LogP contribution in [0.3, 0.4) is 0 Å². The van der Waals surface area contributed by atoms with Gasteiger partial charge in [-0.2, -0.15) is 8.78 Å². The lowest BCUT2D eigenvalue weighted by atomic mass is 10.1. The van der Waals surface area contributed by atoms with Crippen molar-refractivity contribution >= 4 is 23.2 Å². The number of hydrogen-bond donors (Lipinski definition) is 1. The van der Waals surface area contributed by atoms with Gasteiger partial charge in [-0.15, -0.1) is 0 Å². The van der Waals surface area contributed by atoms with E-state index in [0.717, 1.165) is 0 Å². The summed E-state index contributed by atoms with van der Waals surface area (Å²) in [5, 5.41) is 3.15. The number of halogens is 3. The fraction of sp³-hybridized carbons (Fsp3) is 0.0952. The largest absolute Gasteiger partial charge is 0.493 e. The number of methoxy groups -OCH3 is 1. The van der Waals surface area contributed by atoms with Crippen LogP contribution >= 0.6 is 11.6 Å². The van der Waals surface area contributed by atoms with E-state index < -0.39 is 12.5 Å². The SMILES string of the molecule is COc1cc(C(=O)Nc2ccccc2Oc2ccccc2Cl)ccc1OC(F)F. The van der Waals surface area contributed by atoms with E-state index >= 15 is 0 Å². The number of carbonyl (C=O) groups is 1. The van der Waals surface area contributed by atoms with E-state index in [1.165, 1.54) is 25.3 Å². The molecule has 5 nitrogen and oxygen atoms in total. The highest BCUT2D eigenvalue weighted by Gasteiger charge is 2.16. The molecule has 1 N–H and O–H groups in total. The van der Waals surface area contributed by atoms with Gasteiger partial charge in [-0.25, -0.2) is 0 Å². The molecular weight excluding hydrogens is 404 g/mol. The third-order valence-corrected chi connectivity index (χ3v) is 4.15. The maximum atomic E-state index is 12.7. The molecule has 8 heteroatoms. The van der Waals surface area contributed by atoms with Crippen LogP contribution in [0.2, 0.25) is 5.02 Å². The first-order chi connectivity index (χ1) is 14.0. The number of carbonyl (C=O) groups excluding carboxylic acids is 1. The highest BCUT2D eigenvalue weighted by molar-refractivity contribution is 6.32. The van der Waals surface area contributed by atoms with Crippen LogP contribution in [-0.4, -0.2) is 19.6 Å². The molecule has 0 bridgehead atoms. The highest BCUT2D eigenvalue weighted by Crippen LogP contribution is 2.34. The Kier molecular flexibility index (Phi) is 6.51. The number of para-hydroxylation sites is 3. The Morgan fingerprint density at radius 2 is 1.62 bits per heavy atom. The Morgan fingerprint density at radius 1 is 0.931 bits per heavy atom. The third kappa shape index (κ3) is 5.14. The summed E-state index contributed by atoms with van der Waals surface area (Å²) in [4.78, 5) is 12.7. The minimum atomic E-state index is -3.00. The van der Waals surface area contributed by atoms with Crippen LogP contribution in [0.4, 0.5) is 14.5 Å². The zero-order chi connectivity index (χ0) is 20.8. The molecule has 0 saturated heterocycles. The van der Waals surface area contributed by atoms with Crippen LogP contribution in [-0.2, 0) is 0 Å². The molecule has 0 unspecified atom stereocenters. The topological polar surface area (TPSA) is 56.8 Å². The normalized spacial score (nSPS) is 10.5. The Hall–Kier alpha value is -3.32. The number of hydrogen-bond acceptors (Lipinski definition) is 4. The molecule has 29 heavy (non-hydrogen) atoms. The minimum Gasteiger partial charge on any atom is -0.493 e. The van der Waals surface area contributed by atoms with Crippen LogP contribution < -0.4 is 19.5 Å². The second kappa shape index (κ2) is 9.25. The van der Waals surface area contributed by atoms with Crippen molar-refractivity contribution in [3.8, 4) is 23.0 Å². The van der Waals surface area contributed by atoms with E-state index in [4.69, 9.17) is 21.1 Å². The molecule has 0 aromatic heterocycles. The van der Waals surface area contributed by atoms with Crippen LogP contribution in [0.25, 0.3) is 0 Å². The van der Waals surface area contributed by atoms with Crippen LogP contribution in [0.5, 0.6) is 23.0 Å². The molecule has 3 aromatic rings. The van der Waals surface area contributed by atoms with E-state index in [1.807, 2.05) is 0 Å². The summed E-state index contributed by atoms with van der Waals surface area (Å²) in [6.45, 7) is -3.00. The van der Waals surface area contributed by atoms with Gasteiger partial charge < -0.3 is 19.5 Å². The minimum absolute atomic E-state index is 0.0125. The second-order valence-electron chi connectivity index (χ2n) is 5.73. The predicted molar refractivity (Wildman–Crippen MR) is 106 cm³/mol. The molecule has 3 rings (SSSR count). The Balaban J connectivity index is 1.82. The van der Waals surface area contributed by atoms with Gasteiger partial charge in [0.05, 0.1) is 17.8 Å². The van der Waals surface area contributed by atoms with Gasteiger partial charge in [0.1, 0.15) is 5.75 Å². The number of ether oxygens (including phenoxy) is 3. The summed E-state index contributed by atoms with van der Waals surface area (Å²) in [6, 6.07) is 17.7. The maximum Gasteiger partial charge on any atom is 0.387 e. The van der Waals surface area contributed by atoms with Gasteiger partial charge in [-0.1, -0.05) is 35.9 Å². The zero-order valence-electron chi connectivity index (χ0n) is 15.2. The fourth-order valence-electron chi connectivity index (χ4n) is 2.50. The summed E-state index contributed by atoms with van der Waals surface area (Å²) < 4.78 is 40.1. The van der Waals surface area contributed by atoms with Crippen molar-refractivity contribution in [2.45, 2.75) is 6.61 Å². The molecule has 0 fully saturated rings. The number of anilines is 1. The molecule has 150 valence electrons. The second-order valence-corrected chi connectivity index (χ2v) is 6.13. The first-order valence-corrected chi connectivity index (χ1v) is 8.81. The highest BCUT2D eigenvalue weighted by atomic mass is 35.5. The van der Waals surface area contributed by atoms with Gasteiger partial charge in [-0.3, -0.25) is 4.79 Å². The van der Waals surface area contributed by atoms with Gasteiger partial charge in [0, 0.05) is 5.56 Å². The molecule has 0 heterocycles. The molecule has 1 amide bonds. The van der Waals surface area contributed by atoms with Crippen molar-refractivity contribution in [3.05, 3.63) is 77.3 Å². The predicted octanol–water partition coefficient (Wildman–Crippen LogP) is 5.99. The third-order valence-electron chi connectivity index (χ3n) is 3.83. The first-order valence-electron chi connectivity index (χ1n) is 8.43. The van der Waals surface area contributed by atoms with Crippen LogP contribution in [0.15, 0.2) is 66.7 Å². The number of benzene rings is 3. The maximum absolute atomic E-state index is 12.7. The Labute approximate surface area is 170 Å². The first kappa shape index (κ1) is 20.4. The zero-order valence-corrected chi connectivity index (χ0v) is 16.0. The smallest absolute Gasteiger partial charge is 0.387 e. The van der Waals surface area contributed by atoms with Gasteiger partial charge in [0.25, 0.3) is 5.91 Å². The van der Waals surface area contributed by atoms with Gasteiger partial charge >= 0.3 is 6.61 Å². The van der Waals surface area contributed by atoms with Crippen LogP contribution in [0, 0.1) is 0 Å². The number of amides is 1. The summed E-state index contributed by atoms with van der Waals surface area (Å²) in [7, 11) is 1.29. The quantitative estimate of drug-likeness (QED) is 0.510. The van der Waals surface area contributed by atoms with Crippen LogP contribution in [0.1, 0.15) is 10.4 Å². The lowest BCUT2D eigenvalue weighted by Gasteiger charge is -2.14. The van der Waals surface area contributed by atoms with Crippen molar-refractivity contribution in [1.29, 1.82) is 0 Å². The van der Waals surface area contributed by atoms with E-state index in [9.17, 15) is 13.6 Å². The molecule has 0 atom stereocenters. The average Bonchev–Trinajstić information content (AvgIpc) is 2.71. The fourth-order valence-corrected chi connectivity index (χ4v) is 2.68. The number of rotatable bonds is 7. The Morgan fingerprint density at radius 3 is 2.31 bits per heavy atom. The average molecular weight is 420 g/mol. The molecule has 0 radical (unpaired) electrons. The number of nitrogens with one attached hydrogen (secondary N) is 1. The standard InChI is InChI=1S/C21H16ClF2NO4/c1-27-19-12-13(10-11-18(19)29-21(23)24)20(26)25-15-7-3-5-9-17(15)28-16-8-4-2-6-14(16)22/h2-12,21H,1H3,(H,25,26). The molecule has 0 spiro atoms. The molecule has 0 aliphatic rings. The molecule has 3 aromatic carbocycles. The molecular formula is C21H16ClF2NO4. The van der Waals surface area contributed by atoms with E-state index in [-0.39, 0.29) is 17.1 Å². The van der Waals surface area contributed by atoms with Crippen molar-refractivity contribution in [2.75, 3.05) is 12.4 Å². The Bertz CT molecular complexity index is 1010. The summed E-state index contributed by atoms with van der Waals surface area (Å²) in [5.41, 5.74) is 0.598. The van der Waals surface area contributed by atoms with Crippen molar-refractivity contribution < 1.29 is 27.8 Å². The van der Waals surface area contributed by atoms with Crippen molar-refractivity contribution in [1.82, 2.24) is 0 Å². The van der Waals surface area contributed by atoms with Crippen molar-refractivity contribution in [3.63, 3.8) is 0 Å². The molecule has 0 aliphatic carbocycles. The molecule has 0 aliphatic heterocycles. The van der Waals surface area contributed by atoms with Gasteiger partial charge in [-0.05, 0) is 42.5 Å². The summed E-state index contributed by atoms with van der Waals surface area (Å²) in [6.07, 6.45) is 0. The molecule has 0 saturated carbocycles. The van der Waals surface area contributed by atoms with Crippen molar-refractivity contribution in [2.24, 2.45) is 0 Å². The summed E-state index contributed by atoms with van der Waals surface area (Å²) in [5.74, 6) is 0.187. The monoisotopic (exact) mass is 419 g/mol. The number of alkyl halides is 2. The van der Waals surface area contributed by atoms with Gasteiger partial charge in [0.15, 0.2) is 17.2 Å².